The first-order valence-electron chi connectivity index (χ1n) is 6.84. The fourth-order valence-electron chi connectivity index (χ4n) is 2.38. The maximum atomic E-state index is 3.61. The van der Waals surface area contributed by atoms with Crippen LogP contribution in [0.3, 0.4) is 0 Å². The van der Waals surface area contributed by atoms with Crippen LogP contribution in [-0.4, -0.2) is 6.54 Å². The molecule has 0 heterocycles. The van der Waals surface area contributed by atoms with E-state index < -0.39 is 0 Å². The molecule has 2 rings (SSSR count). The fourth-order valence-corrected chi connectivity index (χ4v) is 3.12. The average Bonchev–Trinajstić information content (AvgIpc) is 2.43. The molecule has 1 unspecified atom stereocenters. The van der Waals surface area contributed by atoms with Crippen molar-refractivity contribution >= 4 is 38.5 Å². The minimum atomic E-state index is 0.359. The first-order chi connectivity index (χ1) is 9.60. The van der Waals surface area contributed by atoms with Crippen molar-refractivity contribution in [3.8, 4) is 0 Å². The number of likely N-dealkylation sites (N-methyl/N-ethyl adjacent to an activating group) is 1. The third-order valence-corrected chi connectivity index (χ3v) is 4.63. The van der Waals surface area contributed by atoms with Gasteiger partial charge in [0.25, 0.3) is 0 Å². The van der Waals surface area contributed by atoms with Crippen molar-refractivity contribution in [2.75, 3.05) is 6.54 Å². The molecule has 0 radical (unpaired) electrons. The van der Waals surface area contributed by atoms with Gasteiger partial charge in [-0.1, -0.05) is 41.1 Å². The smallest absolute Gasteiger partial charge is 0.0363 e. The molecule has 0 aliphatic carbocycles. The van der Waals surface area contributed by atoms with Crippen LogP contribution < -0.4 is 5.32 Å². The van der Waals surface area contributed by atoms with Crippen molar-refractivity contribution in [1.29, 1.82) is 0 Å². The second-order valence-electron chi connectivity index (χ2n) is 4.94. The van der Waals surface area contributed by atoms with Crippen molar-refractivity contribution in [2.24, 2.45) is 0 Å². The average molecular weight is 444 g/mol. The third-order valence-electron chi connectivity index (χ3n) is 3.42. The number of aryl methyl sites for hydroxylation is 1. The number of halogens is 2. The number of rotatable bonds is 5. The van der Waals surface area contributed by atoms with Crippen LogP contribution in [0.5, 0.6) is 0 Å². The summed E-state index contributed by atoms with van der Waals surface area (Å²) in [7, 11) is 0. The molecule has 106 valence electrons. The van der Waals surface area contributed by atoms with E-state index in [4.69, 9.17) is 0 Å². The summed E-state index contributed by atoms with van der Waals surface area (Å²) in [5.74, 6) is 0. The molecule has 1 nitrogen and oxygen atoms in total. The van der Waals surface area contributed by atoms with E-state index in [0.29, 0.717) is 6.04 Å². The molecule has 0 saturated heterocycles. The second-order valence-corrected chi connectivity index (χ2v) is 7.10. The van der Waals surface area contributed by atoms with Gasteiger partial charge in [-0.2, -0.15) is 0 Å². The zero-order chi connectivity index (χ0) is 14.5. The van der Waals surface area contributed by atoms with Crippen LogP contribution in [0.4, 0.5) is 0 Å². The highest BCUT2D eigenvalue weighted by Gasteiger charge is 2.14. The molecule has 0 aliphatic rings. The highest BCUT2D eigenvalue weighted by molar-refractivity contribution is 14.1. The van der Waals surface area contributed by atoms with E-state index >= 15 is 0 Å². The van der Waals surface area contributed by atoms with Crippen LogP contribution in [0.1, 0.15) is 29.7 Å². The van der Waals surface area contributed by atoms with Gasteiger partial charge in [0.15, 0.2) is 0 Å². The molecule has 0 amide bonds. The van der Waals surface area contributed by atoms with E-state index in [1.165, 1.54) is 20.3 Å². The van der Waals surface area contributed by atoms with Gasteiger partial charge in [-0.15, -0.1) is 0 Å². The molecule has 20 heavy (non-hydrogen) atoms. The maximum Gasteiger partial charge on any atom is 0.0363 e. The van der Waals surface area contributed by atoms with Gasteiger partial charge in [0.05, 0.1) is 0 Å². The predicted octanol–water partition coefficient (Wildman–Crippen LogP) is 5.26. The molecular formula is C17H19BrIN. The number of benzene rings is 2. The lowest BCUT2D eigenvalue weighted by molar-refractivity contribution is 0.547. The zero-order valence-corrected chi connectivity index (χ0v) is 15.5. The Morgan fingerprint density at radius 2 is 1.85 bits per heavy atom. The summed E-state index contributed by atoms with van der Waals surface area (Å²) in [6.45, 7) is 5.31. The third kappa shape index (κ3) is 4.30. The van der Waals surface area contributed by atoms with Crippen molar-refractivity contribution in [2.45, 2.75) is 26.3 Å². The van der Waals surface area contributed by atoms with Gasteiger partial charge >= 0.3 is 0 Å². The Balaban J connectivity index is 2.26. The highest BCUT2D eigenvalue weighted by Crippen LogP contribution is 2.25. The fraction of sp³-hybridized carbons (Fsp3) is 0.294. The summed E-state index contributed by atoms with van der Waals surface area (Å²) in [4.78, 5) is 0. The summed E-state index contributed by atoms with van der Waals surface area (Å²) in [5.41, 5.74) is 4.08. The Labute approximate surface area is 143 Å². The topological polar surface area (TPSA) is 12.0 Å². The normalized spacial score (nSPS) is 12.4. The van der Waals surface area contributed by atoms with Crippen LogP contribution >= 0.6 is 38.5 Å². The number of hydrogen-bond donors (Lipinski definition) is 1. The summed E-state index contributed by atoms with van der Waals surface area (Å²) in [6, 6.07) is 15.7. The monoisotopic (exact) mass is 443 g/mol. The summed E-state index contributed by atoms with van der Waals surface area (Å²) >= 11 is 5.93. The lowest BCUT2D eigenvalue weighted by Gasteiger charge is -2.21. The van der Waals surface area contributed by atoms with Gasteiger partial charge in [0.1, 0.15) is 0 Å². The molecule has 0 aromatic heterocycles. The van der Waals surface area contributed by atoms with Crippen molar-refractivity contribution < 1.29 is 0 Å². The van der Waals surface area contributed by atoms with E-state index in [2.05, 4.69) is 100 Å². The molecule has 2 aromatic rings. The zero-order valence-electron chi connectivity index (χ0n) is 11.8. The Morgan fingerprint density at radius 3 is 2.50 bits per heavy atom. The first kappa shape index (κ1) is 16.0. The van der Waals surface area contributed by atoms with Crippen molar-refractivity contribution in [1.82, 2.24) is 5.32 Å². The van der Waals surface area contributed by atoms with Crippen LogP contribution in [-0.2, 0) is 6.42 Å². The quantitative estimate of drug-likeness (QED) is 0.622. The minimum Gasteiger partial charge on any atom is -0.310 e. The van der Waals surface area contributed by atoms with Gasteiger partial charge in [0.2, 0.25) is 0 Å². The Hall–Kier alpha value is -0.390. The van der Waals surface area contributed by atoms with E-state index in [1.807, 2.05) is 0 Å². The first-order valence-corrected chi connectivity index (χ1v) is 8.71. The Bertz CT molecular complexity index is 566. The molecular weight excluding hydrogens is 425 g/mol. The molecule has 0 saturated carbocycles. The molecule has 3 heteroatoms. The lowest BCUT2D eigenvalue weighted by atomic mass is 9.95. The van der Waals surface area contributed by atoms with Gasteiger partial charge < -0.3 is 5.32 Å². The maximum absolute atomic E-state index is 3.61. The minimum absolute atomic E-state index is 0.359. The standard InChI is InChI=1S/C17H19BrIN/c1-3-20-17(10-13-5-8-15(19)9-6-13)16-11-14(18)7-4-12(16)2/h4-9,11,17,20H,3,10H2,1-2H3. The molecule has 0 spiro atoms. The summed E-state index contributed by atoms with van der Waals surface area (Å²) in [6.07, 6.45) is 1.02. The van der Waals surface area contributed by atoms with E-state index in [-0.39, 0.29) is 0 Å². The van der Waals surface area contributed by atoms with Crippen LogP contribution in [0, 0.1) is 10.5 Å². The van der Waals surface area contributed by atoms with E-state index in [1.54, 1.807) is 0 Å². The van der Waals surface area contributed by atoms with Crippen molar-refractivity contribution in [3.63, 3.8) is 0 Å². The van der Waals surface area contributed by atoms with Gasteiger partial charge in [-0.25, -0.2) is 0 Å². The summed E-state index contributed by atoms with van der Waals surface area (Å²) in [5, 5.41) is 3.61. The SMILES string of the molecule is CCNC(Cc1ccc(I)cc1)c1cc(Br)ccc1C. The highest BCUT2D eigenvalue weighted by atomic mass is 127. The van der Waals surface area contributed by atoms with Crippen molar-refractivity contribution in [3.05, 3.63) is 67.2 Å². The number of nitrogens with one attached hydrogen (secondary N) is 1. The second kappa shape index (κ2) is 7.57. The lowest BCUT2D eigenvalue weighted by Crippen LogP contribution is -2.23. The van der Waals surface area contributed by atoms with Crippen LogP contribution in [0.2, 0.25) is 0 Å². The van der Waals surface area contributed by atoms with Gasteiger partial charge in [-0.3, -0.25) is 0 Å². The predicted molar refractivity (Wildman–Crippen MR) is 98.2 cm³/mol. The van der Waals surface area contributed by atoms with Gasteiger partial charge in [-0.05, 0) is 83.4 Å². The largest absolute Gasteiger partial charge is 0.310 e. The molecule has 0 bridgehead atoms. The Kier molecular flexibility index (Phi) is 6.05. The van der Waals surface area contributed by atoms with Crippen LogP contribution in [0.15, 0.2) is 46.9 Å². The molecule has 1 atom stereocenters. The Morgan fingerprint density at radius 1 is 1.15 bits per heavy atom. The summed E-state index contributed by atoms with van der Waals surface area (Å²) < 4.78 is 2.42. The van der Waals surface area contributed by atoms with E-state index in [9.17, 15) is 0 Å². The molecule has 0 fully saturated rings. The molecule has 1 N–H and O–H groups in total. The van der Waals surface area contributed by atoms with Crippen LogP contribution in [0.25, 0.3) is 0 Å². The molecule has 2 aromatic carbocycles. The van der Waals surface area contributed by atoms with E-state index in [0.717, 1.165) is 17.4 Å². The van der Waals surface area contributed by atoms with Gasteiger partial charge in [0, 0.05) is 14.1 Å². The molecule has 0 aliphatic heterocycles. The number of hydrogen-bond acceptors (Lipinski definition) is 1.